The average Bonchev–Trinajstić information content (AvgIpc) is 2.35. The third kappa shape index (κ3) is 4.43. The summed E-state index contributed by atoms with van der Waals surface area (Å²) in [5, 5.41) is 0. The van der Waals surface area contributed by atoms with Crippen LogP contribution in [0.4, 0.5) is 0 Å². The number of allylic oxidation sites excluding steroid dienone is 6. The van der Waals surface area contributed by atoms with E-state index in [0.717, 1.165) is 12.1 Å². The van der Waals surface area contributed by atoms with Crippen molar-refractivity contribution in [3.8, 4) is 0 Å². The van der Waals surface area contributed by atoms with E-state index in [1.165, 1.54) is 5.57 Å². The molecule has 0 amide bonds. The minimum Gasteiger partial charge on any atom is -0.257 e. The summed E-state index contributed by atoms with van der Waals surface area (Å²) in [6.45, 7) is 12.0. The largest absolute Gasteiger partial charge is 0.257 e. The molecule has 0 spiro atoms. The van der Waals surface area contributed by atoms with Crippen LogP contribution in [-0.2, 0) is 0 Å². The third-order valence-corrected chi connectivity index (χ3v) is 2.28. The lowest BCUT2D eigenvalue weighted by Crippen LogP contribution is -2.09. The first-order valence-electron chi connectivity index (χ1n) is 5.98. The highest BCUT2D eigenvalue weighted by Crippen LogP contribution is 2.21. The predicted octanol–water partition coefficient (Wildman–Crippen LogP) is 4.70. The van der Waals surface area contributed by atoms with Crippen LogP contribution < -0.4 is 0 Å². The van der Waals surface area contributed by atoms with Gasteiger partial charge in [-0.2, -0.15) is 0 Å². The Labute approximate surface area is 100.0 Å². The van der Waals surface area contributed by atoms with E-state index in [1.54, 1.807) is 0 Å². The van der Waals surface area contributed by atoms with Gasteiger partial charge in [-0.15, -0.1) is 0 Å². The molecule has 1 heteroatoms. The van der Waals surface area contributed by atoms with Gasteiger partial charge in [0.25, 0.3) is 0 Å². The van der Waals surface area contributed by atoms with Gasteiger partial charge in [0, 0.05) is 6.20 Å². The fraction of sp³-hybridized carbons (Fsp3) is 0.400. The average molecular weight is 217 g/mol. The monoisotopic (exact) mass is 217 g/mol. The maximum absolute atomic E-state index is 4.35. The van der Waals surface area contributed by atoms with Crippen molar-refractivity contribution >= 4 is 5.71 Å². The molecule has 0 radical (unpaired) electrons. The van der Waals surface area contributed by atoms with Gasteiger partial charge in [0.05, 0.1) is 5.71 Å². The van der Waals surface area contributed by atoms with Crippen molar-refractivity contribution < 1.29 is 0 Å². The van der Waals surface area contributed by atoms with Gasteiger partial charge in [0.2, 0.25) is 0 Å². The lowest BCUT2D eigenvalue weighted by molar-refractivity contribution is 0.714. The molecule has 0 aromatic heterocycles. The summed E-state index contributed by atoms with van der Waals surface area (Å²) >= 11 is 0. The first-order valence-corrected chi connectivity index (χ1v) is 5.98. The van der Waals surface area contributed by atoms with E-state index in [4.69, 9.17) is 0 Å². The van der Waals surface area contributed by atoms with Gasteiger partial charge in [0.15, 0.2) is 0 Å². The molecule has 1 unspecified atom stereocenters. The number of hydrogen-bond acceptors (Lipinski definition) is 1. The van der Waals surface area contributed by atoms with Crippen molar-refractivity contribution in [1.82, 2.24) is 0 Å². The Bertz CT molecular complexity index is 316. The van der Waals surface area contributed by atoms with Gasteiger partial charge in [-0.25, -0.2) is 0 Å². The second-order valence-corrected chi connectivity index (χ2v) is 3.39. The molecule has 1 nitrogen and oxygen atoms in total. The normalized spacial score (nSPS) is 20.1. The number of rotatable bonds is 3. The van der Waals surface area contributed by atoms with Crippen LogP contribution in [0.2, 0.25) is 0 Å². The molecule has 1 atom stereocenters. The highest BCUT2D eigenvalue weighted by atomic mass is 14.7. The summed E-state index contributed by atoms with van der Waals surface area (Å²) in [6.07, 6.45) is 13.0. The summed E-state index contributed by atoms with van der Waals surface area (Å²) < 4.78 is 0. The van der Waals surface area contributed by atoms with Gasteiger partial charge in [-0.05, 0) is 30.9 Å². The Morgan fingerprint density at radius 2 is 2.19 bits per heavy atom. The summed E-state index contributed by atoms with van der Waals surface area (Å²) in [4.78, 5) is 4.35. The highest BCUT2D eigenvalue weighted by Gasteiger charge is 2.12. The topological polar surface area (TPSA) is 12.4 Å². The zero-order chi connectivity index (χ0) is 12.4. The summed E-state index contributed by atoms with van der Waals surface area (Å²) in [7, 11) is 0. The molecule has 0 aliphatic heterocycles. The first kappa shape index (κ1) is 14.6. The number of aliphatic imine (C=N–C) groups is 1. The van der Waals surface area contributed by atoms with Crippen LogP contribution in [0.3, 0.4) is 0 Å². The molecule has 1 aliphatic carbocycles. The minimum atomic E-state index is 0.544. The van der Waals surface area contributed by atoms with Crippen molar-refractivity contribution in [3.05, 3.63) is 48.7 Å². The Morgan fingerprint density at radius 1 is 1.50 bits per heavy atom. The van der Waals surface area contributed by atoms with Crippen LogP contribution in [0.15, 0.2) is 53.7 Å². The molecule has 0 aromatic rings. The zero-order valence-corrected chi connectivity index (χ0v) is 10.9. The predicted molar refractivity (Wildman–Crippen MR) is 74.8 cm³/mol. The van der Waals surface area contributed by atoms with E-state index in [9.17, 15) is 0 Å². The molecular formula is C15H23N. The SMILES string of the molecule is C=CC(=N/C=C\C)C1=CC=CCC1C.CC. The quantitative estimate of drug-likeness (QED) is 0.608. The molecule has 1 rings (SSSR count). The lowest BCUT2D eigenvalue weighted by Gasteiger charge is -2.16. The molecular weight excluding hydrogens is 194 g/mol. The fourth-order valence-corrected chi connectivity index (χ4v) is 1.48. The van der Waals surface area contributed by atoms with E-state index >= 15 is 0 Å². The van der Waals surface area contributed by atoms with Crippen LogP contribution in [0.1, 0.15) is 34.1 Å². The van der Waals surface area contributed by atoms with Gasteiger partial charge in [-0.3, -0.25) is 4.99 Å². The van der Waals surface area contributed by atoms with Crippen molar-refractivity contribution in [2.75, 3.05) is 0 Å². The molecule has 0 saturated heterocycles. The van der Waals surface area contributed by atoms with Gasteiger partial charge < -0.3 is 0 Å². The Hall–Kier alpha value is -1.37. The number of nitrogens with zero attached hydrogens (tertiary/aromatic N) is 1. The second-order valence-electron chi connectivity index (χ2n) is 3.39. The molecule has 0 N–H and O–H groups in total. The van der Waals surface area contributed by atoms with Crippen LogP contribution in [0, 0.1) is 5.92 Å². The molecule has 0 saturated carbocycles. The standard InChI is InChI=1S/C13H17N.C2H6/c1-4-10-14-13(5-2)12-9-7-6-8-11(12)3;1-2/h4-7,9-11H,2,8H2,1,3H3;1-2H3/b10-4-,14-13?;. The van der Waals surface area contributed by atoms with Crippen LogP contribution in [-0.4, -0.2) is 5.71 Å². The minimum absolute atomic E-state index is 0.544. The van der Waals surface area contributed by atoms with Crippen molar-refractivity contribution in [1.29, 1.82) is 0 Å². The Balaban J connectivity index is 0.00000106. The van der Waals surface area contributed by atoms with E-state index < -0.39 is 0 Å². The van der Waals surface area contributed by atoms with Crippen molar-refractivity contribution in [3.63, 3.8) is 0 Å². The Kier molecular flexibility index (Phi) is 8.14. The van der Waals surface area contributed by atoms with Gasteiger partial charge in [-0.1, -0.05) is 51.7 Å². The zero-order valence-electron chi connectivity index (χ0n) is 10.9. The molecule has 0 bridgehead atoms. The smallest absolute Gasteiger partial charge is 0.0658 e. The van der Waals surface area contributed by atoms with E-state index in [1.807, 2.05) is 39.1 Å². The van der Waals surface area contributed by atoms with E-state index in [0.29, 0.717) is 5.92 Å². The summed E-state index contributed by atoms with van der Waals surface area (Å²) in [5.41, 5.74) is 2.26. The van der Waals surface area contributed by atoms with Gasteiger partial charge in [0.1, 0.15) is 0 Å². The van der Waals surface area contributed by atoms with E-state index in [-0.39, 0.29) is 0 Å². The van der Waals surface area contributed by atoms with Gasteiger partial charge >= 0.3 is 0 Å². The second kappa shape index (κ2) is 8.90. The molecule has 0 aromatic carbocycles. The molecule has 1 aliphatic rings. The third-order valence-electron chi connectivity index (χ3n) is 2.28. The number of hydrogen-bond donors (Lipinski definition) is 0. The first-order chi connectivity index (χ1) is 7.79. The Morgan fingerprint density at radius 3 is 2.69 bits per heavy atom. The van der Waals surface area contributed by atoms with Crippen molar-refractivity contribution in [2.45, 2.75) is 34.1 Å². The lowest BCUT2D eigenvalue weighted by atomic mass is 9.90. The van der Waals surface area contributed by atoms with Crippen molar-refractivity contribution in [2.24, 2.45) is 10.9 Å². The highest BCUT2D eigenvalue weighted by molar-refractivity contribution is 6.09. The summed E-state index contributed by atoms with van der Waals surface area (Å²) in [6, 6.07) is 0. The van der Waals surface area contributed by atoms with Crippen LogP contribution in [0.25, 0.3) is 0 Å². The fourth-order valence-electron chi connectivity index (χ4n) is 1.48. The summed E-state index contributed by atoms with van der Waals surface area (Å²) in [5.74, 6) is 0.544. The maximum Gasteiger partial charge on any atom is 0.0658 e. The molecule has 88 valence electrons. The molecule has 16 heavy (non-hydrogen) atoms. The molecule has 0 heterocycles. The van der Waals surface area contributed by atoms with E-state index in [2.05, 4.69) is 36.7 Å². The molecule has 0 fully saturated rings. The van der Waals surface area contributed by atoms with Crippen LogP contribution in [0.5, 0.6) is 0 Å². The maximum atomic E-state index is 4.35. The van der Waals surface area contributed by atoms with Crippen LogP contribution >= 0.6 is 0 Å².